The van der Waals surface area contributed by atoms with Crippen molar-refractivity contribution in [2.75, 3.05) is 26.3 Å². The molecule has 0 aromatic carbocycles. The van der Waals surface area contributed by atoms with E-state index in [-0.39, 0.29) is 6.10 Å². The lowest BCUT2D eigenvalue weighted by Crippen LogP contribution is -2.40. The molecule has 2 rings (SSSR count). The Hall–Kier alpha value is -2.15. The lowest BCUT2D eigenvalue weighted by Gasteiger charge is -2.29. The standard InChI is InChI=1S/C15H21N3O4/c1-12(14-4-2-3-7-16-14)17-22-11-10-21-13-5-8-18(9-6-13)15(19)20/h2-4,7,13H,5-6,8-11H2,1H3,(H,19,20). The zero-order valence-electron chi connectivity index (χ0n) is 12.6. The summed E-state index contributed by atoms with van der Waals surface area (Å²) >= 11 is 0. The molecular weight excluding hydrogens is 286 g/mol. The van der Waals surface area contributed by atoms with Crippen molar-refractivity contribution in [1.82, 2.24) is 9.88 Å². The predicted octanol–water partition coefficient (Wildman–Crippen LogP) is 1.98. The number of ether oxygens (including phenoxy) is 1. The molecule has 1 saturated heterocycles. The third-order valence-corrected chi connectivity index (χ3v) is 3.48. The monoisotopic (exact) mass is 307 g/mol. The van der Waals surface area contributed by atoms with Crippen LogP contribution in [0.2, 0.25) is 0 Å². The molecule has 7 nitrogen and oxygen atoms in total. The van der Waals surface area contributed by atoms with Crippen molar-refractivity contribution in [1.29, 1.82) is 0 Å². The van der Waals surface area contributed by atoms with Crippen LogP contribution in [0, 0.1) is 0 Å². The Morgan fingerprint density at radius 3 is 2.82 bits per heavy atom. The number of rotatable bonds is 6. The van der Waals surface area contributed by atoms with Crippen molar-refractivity contribution in [3.8, 4) is 0 Å². The molecule has 0 saturated carbocycles. The number of hydrogen-bond acceptors (Lipinski definition) is 5. The highest BCUT2D eigenvalue weighted by atomic mass is 16.6. The van der Waals surface area contributed by atoms with Crippen molar-refractivity contribution in [3.63, 3.8) is 0 Å². The zero-order valence-corrected chi connectivity index (χ0v) is 12.6. The van der Waals surface area contributed by atoms with Crippen molar-refractivity contribution < 1.29 is 19.5 Å². The van der Waals surface area contributed by atoms with Crippen LogP contribution in [-0.4, -0.2) is 59.2 Å². The SMILES string of the molecule is CC(=NOCCOC1CCN(C(=O)O)CC1)c1ccccn1. The number of amides is 1. The van der Waals surface area contributed by atoms with E-state index in [0.717, 1.165) is 24.2 Å². The van der Waals surface area contributed by atoms with Crippen LogP contribution >= 0.6 is 0 Å². The molecule has 1 aliphatic rings. The second-order valence-corrected chi connectivity index (χ2v) is 5.06. The fourth-order valence-electron chi connectivity index (χ4n) is 2.23. The van der Waals surface area contributed by atoms with Gasteiger partial charge in [0.1, 0.15) is 12.3 Å². The van der Waals surface area contributed by atoms with Gasteiger partial charge in [-0.15, -0.1) is 0 Å². The van der Waals surface area contributed by atoms with Gasteiger partial charge in [-0.25, -0.2) is 4.79 Å². The minimum Gasteiger partial charge on any atom is -0.465 e. The van der Waals surface area contributed by atoms with Gasteiger partial charge in [-0.05, 0) is 31.9 Å². The summed E-state index contributed by atoms with van der Waals surface area (Å²) in [6.07, 6.45) is 2.40. The van der Waals surface area contributed by atoms with Crippen molar-refractivity contribution in [2.45, 2.75) is 25.9 Å². The molecule has 1 aromatic heterocycles. The number of pyridine rings is 1. The summed E-state index contributed by atoms with van der Waals surface area (Å²) in [6.45, 7) is 3.69. The van der Waals surface area contributed by atoms with Gasteiger partial charge in [0, 0.05) is 19.3 Å². The van der Waals surface area contributed by atoms with E-state index in [1.54, 1.807) is 6.20 Å². The van der Waals surface area contributed by atoms with E-state index in [0.29, 0.717) is 26.3 Å². The first kappa shape index (κ1) is 16.2. The summed E-state index contributed by atoms with van der Waals surface area (Å²) in [5.41, 5.74) is 1.50. The molecule has 1 fully saturated rings. The highest BCUT2D eigenvalue weighted by molar-refractivity contribution is 5.96. The number of aromatic nitrogens is 1. The van der Waals surface area contributed by atoms with Crippen LogP contribution < -0.4 is 0 Å². The molecule has 0 aliphatic carbocycles. The average molecular weight is 307 g/mol. The van der Waals surface area contributed by atoms with Crippen LogP contribution in [0.25, 0.3) is 0 Å². The van der Waals surface area contributed by atoms with Gasteiger partial charge in [0.15, 0.2) is 0 Å². The Kier molecular flexibility index (Phi) is 6.14. The number of oxime groups is 1. The van der Waals surface area contributed by atoms with E-state index in [2.05, 4.69) is 10.1 Å². The average Bonchev–Trinajstić information content (AvgIpc) is 2.55. The Balaban J connectivity index is 1.61. The predicted molar refractivity (Wildman–Crippen MR) is 81.0 cm³/mol. The Morgan fingerprint density at radius 1 is 1.41 bits per heavy atom. The molecule has 1 aromatic rings. The minimum absolute atomic E-state index is 0.0973. The second kappa shape index (κ2) is 8.33. The number of likely N-dealkylation sites (tertiary alicyclic amines) is 1. The second-order valence-electron chi connectivity index (χ2n) is 5.06. The van der Waals surface area contributed by atoms with E-state index in [1.807, 2.05) is 25.1 Å². The van der Waals surface area contributed by atoms with Crippen LogP contribution in [0.15, 0.2) is 29.6 Å². The first-order valence-electron chi connectivity index (χ1n) is 7.34. The summed E-state index contributed by atoms with van der Waals surface area (Å²) in [7, 11) is 0. The summed E-state index contributed by atoms with van der Waals surface area (Å²) in [4.78, 5) is 21.6. The van der Waals surface area contributed by atoms with E-state index >= 15 is 0 Å². The third-order valence-electron chi connectivity index (χ3n) is 3.48. The zero-order chi connectivity index (χ0) is 15.8. The first-order valence-corrected chi connectivity index (χ1v) is 7.34. The number of nitrogens with zero attached hydrogens (tertiary/aromatic N) is 3. The molecule has 0 unspecified atom stereocenters. The Morgan fingerprint density at radius 2 is 2.18 bits per heavy atom. The molecule has 0 bridgehead atoms. The molecule has 7 heteroatoms. The maximum atomic E-state index is 10.8. The summed E-state index contributed by atoms with van der Waals surface area (Å²) < 4.78 is 5.67. The molecular formula is C15H21N3O4. The maximum Gasteiger partial charge on any atom is 0.407 e. The van der Waals surface area contributed by atoms with E-state index < -0.39 is 6.09 Å². The number of piperidine rings is 1. The lowest BCUT2D eigenvalue weighted by atomic mass is 10.1. The van der Waals surface area contributed by atoms with Crippen LogP contribution in [0.4, 0.5) is 4.79 Å². The van der Waals surface area contributed by atoms with Gasteiger partial charge in [-0.2, -0.15) is 0 Å². The highest BCUT2D eigenvalue weighted by Gasteiger charge is 2.22. The molecule has 0 radical (unpaired) electrons. The largest absolute Gasteiger partial charge is 0.465 e. The first-order chi connectivity index (χ1) is 10.7. The number of hydrogen-bond donors (Lipinski definition) is 1. The fraction of sp³-hybridized carbons (Fsp3) is 0.533. The summed E-state index contributed by atoms with van der Waals surface area (Å²) in [5.74, 6) is 0. The van der Waals surface area contributed by atoms with E-state index in [4.69, 9.17) is 14.7 Å². The van der Waals surface area contributed by atoms with Crippen LogP contribution in [-0.2, 0) is 9.57 Å². The van der Waals surface area contributed by atoms with Crippen LogP contribution in [0.1, 0.15) is 25.5 Å². The molecule has 1 N–H and O–H groups in total. The van der Waals surface area contributed by atoms with Crippen molar-refractivity contribution in [2.24, 2.45) is 5.16 Å². The van der Waals surface area contributed by atoms with Crippen molar-refractivity contribution >= 4 is 11.8 Å². The molecule has 22 heavy (non-hydrogen) atoms. The molecule has 0 spiro atoms. The number of carboxylic acid groups (broad SMARTS) is 1. The number of carbonyl (C=O) groups is 1. The summed E-state index contributed by atoms with van der Waals surface area (Å²) in [5, 5.41) is 12.9. The van der Waals surface area contributed by atoms with Gasteiger partial charge in [0.2, 0.25) is 0 Å². The summed E-state index contributed by atoms with van der Waals surface area (Å²) in [6, 6.07) is 5.62. The lowest BCUT2D eigenvalue weighted by molar-refractivity contribution is -0.0192. The quantitative estimate of drug-likeness (QED) is 0.493. The molecule has 1 amide bonds. The van der Waals surface area contributed by atoms with Gasteiger partial charge < -0.3 is 19.6 Å². The molecule has 1 aliphatic heterocycles. The van der Waals surface area contributed by atoms with Gasteiger partial charge in [0.25, 0.3) is 0 Å². The fourth-order valence-corrected chi connectivity index (χ4v) is 2.23. The highest BCUT2D eigenvalue weighted by Crippen LogP contribution is 2.13. The molecule has 120 valence electrons. The van der Waals surface area contributed by atoms with Gasteiger partial charge >= 0.3 is 6.09 Å². The molecule has 0 atom stereocenters. The van der Waals surface area contributed by atoms with Gasteiger partial charge in [0.05, 0.1) is 18.4 Å². The maximum absolute atomic E-state index is 10.8. The normalized spacial score (nSPS) is 16.6. The minimum atomic E-state index is -0.860. The topological polar surface area (TPSA) is 84.2 Å². The Bertz CT molecular complexity index is 499. The van der Waals surface area contributed by atoms with E-state index in [9.17, 15) is 4.79 Å². The van der Waals surface area contributed by atoms with Crippen molar-refractivity contribution in [3.05, 3.63) is 30.1 Å². The van der Waals surface area contributed by atoms with Crippen LogP contribution in [0.5, 0.6) is 0 Å². The van der Waals surface area contributed by atoms with Gasteiger partial charge in [-0.3, -0.25) is 4.98 Å². The smallest absolute Gasteiger partial charge is 0.407 e. The van der Waals surface area contributed by atoms with Gasteiger partial charge in [-0.1, -0.05) is 11.2 Å². The third kappa shape index (κ3) is 5.00. The Labute approximate surface area is 129 Å². The van der Waals surface area contributed by atoms with E-state index in [1.165, 1.54) is 4.90 Å². The molecule has 2 heterocycles. The van der Waals surface area contributed by atoms with Crippen LogP contribution in [0.3, 0.4) is 0 Å².